The van der Waals surface area contributed by atoms with E-state index >= 15 is 0 Å². The molecular formula is C33H42O4. The van der Waals surface area contributed by atoms with Crippen LogP contribution in [0.5, 0.6) is 5.75 Å². The predicted octanol–water partition coefficient (Wildman–Crippen LogP) is 8.14. The van der Waals surface area contributed by atoms with E-state index < -0.39 is 5.60 Å². The van der Waals surface area contributed by atoms with Crippen LogP contribution in [0.3, 0.4) is 0 Å². The highest BCUT2D eigenvalue weighted by Gasteiger charge is 2.41. The van der Waals surface area contributed by atoms with Crippen molar-refractivity contribution in [2.45, 2.75) is 79.1 Å². The van der Waals surface area contributed by atoms with Crippen molar-refractivity contribution in [1.29, 1.82) is 0 Å². The largest absolute Gasteiger partial charge is 0.492 e. The molecule has 2 atom stereocenters. The first-order chi connectivity index (χ1) is 17.2. The zero-order valence-corrected chi connectivity index (χ0v) is 23.8. The van der Waals surface area contributed by atoms with E-state index in [0.717, 1.165) is 28.2 Å². The van der Waals surface area contributed by atoms with Gasteiger partial charge in [-0.05, 0) is 65.2 Å². The highest BCUT2D eigenvalue weighted by atomic mass is 16.5. The Morgan fingerprint density at radius 2 is 1.27 bits per heavy atom. The number of hydrogen-bond acceptors (Lipinski definition) is 4. The summed E-state index contributed by atoms with van der Waals surface area (Å²) in [6.45, 7) is 19.3. The average molecular weight is 503 g/mol. The van der Waals surface area contributed by atoms with Crippen LogP contribution in [0.2, 0.25) is 0 Å². The number of carbonyl (C=O) groups is 1. The van der Waals surface area contributed by atoms with E-state index in [0.29, 0.717) is 6.47 Å². The number of benzene rings is 2. The SMILES string of the molecule is CC(C)(C)OC1=CC=C(C(OC=O)(c2ccccc2)c2ccc(OC(C)(C)C)cc2)C=CC1C(C)(C)C. The highest BCUT2D eigenvalue weighted by molar-refractivity contribution is 5.56. The Morgan fingerprint density at radius 3 is 1.78 bits per heavy atom. The zero-order valence-electron chi connectivity index (χ0n) is 23.8. The van der Waals surface area contributed by atoms with Crippen molar-refractivity contribution >= 4 is 6.47 Å². The third kappa shape index (κ3) is 6.94. The van der Waals surface area contributed by atoms with Gasteiger partial charge in [0, 0.05) is 22.6 Å². The summed E-state index contributed by atoms with van der Waals surface area (Å²) >= 11 is 0. The lowest BCUT2D eigenvalue weighted by Crippen LogP contribution is -2.33. The monoisotopic (exact) mass is 502 g/mol. The van der Waals surface area contributed by atoms with Crippen molar-refractivity contribution in [1.82, 2.24) is 0 Å². The first-order valence-electron chi connectivity index (χ1n) is 12.9. The zero-order chi connectivity index (χ0) is 27.5. The van der Waals surface area contributed by atoms with Crippen LogP contribution in [-0.2, 0) is 19.9 Å². The first-order valence-corrected chi connectivity index (χ1v) is 12.9. The number of allylic oxidation sites excluding steroid dienone is 3. The number of hydrogen-bond donors (Lipinski definition) is 0. The van der Waals surface area contributed by atoms with E-state index in [1.807, 2.05) is 87.5 Å². The number of ether oxygens (including phenoxy) is 3. The quantitative estimate of drug-likeness (QED) is 0.359. The fourth-order valence-corrected chi connectivity index (χ4v) is 4.59. The number of rotatable bonds is 7. The van der Waals surface area contributed by atoms with Gasteiger partial charge < -0.3 is 14.2 Å². The van der Waals surface area contributed by atoms with Gasteiger partial charge in [0.05, 0.1) is 0 Å². The van der Waals surface area contributed by atoms with E-state index in [4.69, 9.17) is 14.2 Å². The van der Waals surface area contributed by atoms with Gasteiger partial charge in [-0.2, -0.15) is 0 Å². The van der Waals surface area contributed by atoms with Gasteiger partial charge >= 0.3 is 0 Å². The molecule has 37 heavy (non-hydrogen) atoms. The van der Waals surface area contributed by atoms with Crippen molar-refractivity contribution in [3.63, 3.8) is 0 Å². The standard InChI is InChI=1S/C33H42O4/c1-30(2,3)28-21-17-26(18-22-29(28)37-32(7,8)9)33(35-23-34,24-13-11-10-12-14-24)25-15-19-27(20-16-25)36-31(4,5)6/h10-23,28H,1-9H3. The fourth-order valence-electron chi connectivity index (χ4n) is 4.59. The molecule has 0 fully saturated rings. The molecule has 4 heteroatoms. The van der Waals surface area contributed by atoms with Gasteiger partial charge in [0.1, 0.15) is 22.7 Å². The van der Waals surface area contributed by atoms with Gasteiger partial charge in [0.15, 0.2) is 5.60 Å². The van der Waals surface area contributed by atoms with Gasteiger partial charge in [-0.25, -0.2) is 0 Å². The summed E-state index contributed by atoms with van der Waals surface area (Å²) in [6.07, 6.45) is 8.28. The lowest BCUT2D eigenvalue weighted by molar-refractivity contribution is -0.137. The van der Waals surface area contributed by atoms with Crippen LogP contribution in [0.15, 0.2) is 90.2 Å². The van der Waals surface area contributed by atoms with Gasteiger partial charge in [0.25, 0.3) is 6.47 Å². The smallest absolute Gasteiger partial charge is 0.294 e. The van der Waals surface area contributed by atoms with Crippen LogP contribution in [0.1, 0.15) is 73.4 Å². The van der Waals surface area contributed by atoms with Gasteiger partial charge in [-0.15, -0.1) is 0 Å². The Morgan fingerprint density at radius 1 is 0.703 bits per heavy atom. The molecule has 0 aliphatic heterocycles. The third-order valence-corrected chi connectivity index (χ3v) is 6.06. The molecule has 0 N–H and O–H groups in total. The van der Waals surface area contributed by atoms with Crippen molar-refractivity contribution in [3.8, 4) is 5.75 Å². The van der Waals surface area contributed by atoms with Crippen LogP contribution in [0, 0.1) is 11.3 Å². The molecule has 2 aromatic rings. The highest BCUT2D eigenvalue weighted by Crippen LogP contribution is 2.44. The Kier molecular flexibility index (Phi) is 8.12. The minimum Gasteiger partial charge on any atom is -0.492 e. The molecule has 4 nitrogen and oxygen atoms in total. The summed E-state index contributed by atoms with van der Waals surface area (Å²) in [5.74, 6) is 1.67. The fraction of sp³-hybridized carbons (Fsp3) is 0.424. The average Bonchev–Trinajstić information content (AvgIpc) is 2.99. The molecule has 0 saturated heterocycles. The second-order valence-electron chi connectivity index (χ2n) is 12.6. The molecule has 3 rings (SSSR count). The van der Waals surface area contributed by atoms with Gasteiger partial charge in [0.2, 0.25) is 0 Å². The van der Waals surface area contributed by atoms with Crippen LogP contribution in [0.4, 0.5) is 0 Å². The van der Waals surface area contributed by atoms with Crippen LogP contribution in [-0.4, -0.2) is 17.7 Å². The van der Waals surface area contributed by atoms with Crippen LogP contribution < -0.4 is 4.74 Å². The van der Waals surface area contributed by atoms with Crippen LogP contribution in [0.25, 0.3) is 0 Å². The predicted molar refractivity (Wildman–Crippen MR) is 150 cm³/mol. The lowest BCUT2D eigenvalue weighted by atomic mass is 9.77. The Hall–Kier alpha value is -3.27. The molecule has 0 aromatic heterocycles. The molecular weight excluding hydrogens is 460 g/mol. The summed E-state index contributed by atoms with van der Waals surface area (Å²) in [5.41, 5.74) is 0.601. The second kappa shape index (κ2) is 10.6. The van der Waals surface area contributed by atoms with Crippen molar-refractivity contribution in [2.24, 2.45) is 11.3 Å². The summed E-state index contributed by atoms with van der Waals surface area (Å²) in [6, 6.07) is 17.6. The Balaban J connectivity index is 2.24. The minimum atomic E-state index is -1.16. The molecule has 2 unspecified atom stereocenters. The van der Waals surface area contributed by atoms with Crippen molar-refractivity contribution < 1.29 is 19.0 Å². The number of carbonyl (C=O) groups excluding carboxylic acids is 1. The molecule has 0 bridgehead atoms. The van der Waals surface area contributed by atoms with E-state index in [-0.39, 0.29) is 22.5 Å². The summed E-state index contributed by atoms with van der Waals surface area (Å²) in [7, 11) is 0. The molecule has 0 amide bonds. The van der Waals surface area contributed by atoms with Crippen LogP contribution >= 0.6 is 0 Å². The molecule has 0 spiro atoms. The molecule has 0 radical (unpaired) electrons. The molecule has 2 aromatic carbocycles. The summed E-state index contributed by atoms with van der Waals surface area (Å²) < 4.78 is 18.6. The lowest BCUT2D eigenvalue weighted by Gasteiger charge is -2.35. The maximum atomic E-state index is 12.1. The van der Waals surface area contributed by atoms with E-state index in [2.05, 4.69) is 53.7 Å². The second-order valence-corrected chi connectivity index (χ2v) is 12.6. The maximum absolute atomic E-state index is 12.1. The normalized spacial score (nSPS) is 18.1. The van der Waals surface area contributed by atoms with Gasteiger partial charge in [-0.1, -0.05) is 81.5 Å². The van der Waals surface area contributed by atoms with E-state index in [9.17, 15) is 4.79 Å². The maximum Gasteiger partial charge on any atom is 0.294 e. The third-order valence-electron chi connectivity index (χ3n) is 6.06. The Labute approximate surface area is 223 Å². The molecule has 0 heterocycles. The molecule has 198 valence electrons. The Bertz CT molecular complexity index is 1150. The van der Waals surface area contributed by atoms with Crippen molar-refractivity contribution in [3.05, 3.63) is 101 Å². The minimum absolute atomic E-state index is 0.0349. The van der Waals surface area contributed by atoms with Gasteiger partial charge in [-0.3, -0.25) is 4.79 Å². The summed E-state index contributed by atoms with van der Waals surface area (Å²) in [4.78, 5) is 12.1. The van der Waals surface area contributed by atoms with Crippen molar-refractivity contribution in [2.75, 3.05) is 0 Å². The first kappa shape index (κ1) is 28.3. The van der Waals surface area contributed by atoms with E-state index in [1.165, 1.54) is 0 Å². The molecule has 0 saturated carbocycles. The topological polar surface area (TPSA) is 44.8 Å². The molecule has 1 aliphatic rings. The summed E-state index contributed by atoms with van der Waals surface area (Å²) in [5, 5.41) is 0. The van der Waals surface area contributed by atoms with E-state index in [1.54, 1.807) is 0 Å². The molecule has 1 aliphatic carbocycles.